The number of rotatable bonds is 6. The maximum atomic E-state index is 12.7. The molecule has 3 nitrogen and oxygen atoms in total. The van der Waals surface area contributed by atoms with Crippen LogP contribution >= 0.6 is 11.6 Å². The molecule has 0 aliphatic rings. The molecule has 0 aliphatic heterocycles. The molecule has 3 aromatic rings. The molecular weight excluding hydrogens is 370 g/mol. The fourth-order valence-electron chi connectivity index (χ4n) is 3.24. The van der Waals surface area contributed by atoms with Crippen molar-refractivity contribution in [2.45, 2.75) is 26.8 Å². The molecule has 1 N–H and O–H groups in total. The Labute approximate surface area is 171 Å². The molecule has 0 heterocycles. The molecule has 0 spiro atoms. The average molecular weight is 394 g/mol. The van der Waals surface area contributed by atoms with E-state index in [4.69, 9.17) is 16.3 Å². The van der Waals surface area contributed by atoms with Crippen LogP contribution < -0.4 is 10.1 Å². The van der Waals surface area contributed by atoms with E-state index in [0.29, 0.717) is 5.75 Å². The second-order valence-electron chi connectivity index (χ2n) is 6.93. The van der Waals surface area contributed by atoms with Gasteiger partial charge in [0.2, 0.25) is 0 Å². The number of amides is 1. The average Bonchev–Trinajstić information content (AvgIpc) is 2.70. The normalized spacial score (nSPS) is 11.7. The highest BCUT2D eigenvalue weighted by Gasteiger charge is 2.18. The first-order valence-corrected chi connectivity index (χ1v) is 9.63. The largest absolute Gasteiger partial charge is 0.484 e. The van der Waals surface area contributed by atoms with Crippen molar-refractivity contribution < 1.29 is 9.53 Å². The second kappa shape index (κ2) is 8.94. The Bertz CT molecular complexity index is 946. The third kappa shape index (κ3) is 4.73. The molecule has 0 radical (unpaired) electrons. The number of hydrogen-bond acceptors (Lipinski definition) is 2. The standard InChI is InChI=1S/C24H24ClNO2/c1-16-9-7-8-12-21(16)24(19-10-5-4-6-11-19)26-22(27)15-28-20-13-17(2)23(25)18(3)14-20/h4-14,24H,15H2,1-3H3,(H,26,27). The van der Waals surface area contributed by atoms with Gasteiger partial charge in [0.05, 0.1) is 6.04 Å². The molecule has 1 amide bonds. The van der Waals surface area contributed by atoms with Gasteiger partial charge in [0.15, 0.2) is 6.61 Å². The summed E-state index contributed by atoms with van der Waals surface area (Å²) in [4.78, 5) is 12.7. The van der Waals surface area contributed by atoms with Crippen molar-refractivity contribution in [1.82, 2.24) is 5.32 Å². The highest BCUT2D eigenvalue weighted by Crippen LogP contribution is 2.27. The van der Waals surface area contributed by atoms with E-state index in [2.05, 4.69) is 5.32 Å². The summed E-state index contributed by atoms with van der Waals surface area (Å²) in [6.07, 6.45) is 0. The Balaban J connectivity index is 1.76. The summed E-state index contributed by atoms with van der Waals surface area (Å²) in [5.74, 6) is 0.462. The van der Waals surface area contributed by atoms with E-state index in [9.17, 15) is 4.79 Å². The molecule has 1 unspecified atom stereocenters. The highest BCUT2D eigenvalue weighted by atomic mass is 35.5. The van der Waals surface area contributed by atoms with Gasteiger partial charge in [-0.15, -0.1) is 0 Å². The van der Waals surface area contributed by atoms with E-state index in [-0.39, 0.29) is 18.6 Å². The van der Waals surface area contributed by atoms with E-state index in [1.165, 1.54) is 0 Å². The Hall–Kier alpha value is -2.78. The fraction of sp³-hybridized carbons (Fsp3) is 0.208. The second-order valence-corrected chi connectivity index (χ2v) is 7.31. The van der Waals surface area contributed by atoms with Gasteiger partial charge in [-0.05, 0) is 60.7 Å². The predicted molar refractivity (Wildman–Crippen MR) is 114 cm³/mol. The Morgan fingerprint density at radius 1 is 0.929 bits per heavy atom. The molecule has 0 aromatic heterocycles. The summed E-state index contributed by atoms with van der Waals surface area (Å²) in [5.41, 5.74) is 5.09. The van der Waals surface area contributed by atoms with Crippen molar-refractivity contribution in [2.75, 3.05) is 6.61 Å². The summed E-state index contributed by atoms with van der Waals surface area (Å²) in [7, 11) is 0. The van der Waals surface area contributed by atoms with Gasteiger partial charge in [0.1, 0.15) is 5.75 Å². The number of ether oxygens (including phenoxy) is 1. The van der Waals surface area contributed by atoms with Crippen molar-refractivity contribution in [1.29, 1.82) is 0 Å². The van der Waals surface area contributed by atoms with Crippen LogP contribution in [0.1, 0.15) is 33.9 Å². The summed E-state index contributed by atoms with van der Waals surface area (Å²) < 4.78 is 5.72. The van der Waals surface area contributed by atoms with E-state index in [0.717, 1.165) is 32.8 Å². The number of carbonyl (C=O) groups excluding carboxylic acids is 1. The number of carbonyl (C=O) groups is 1. The van der Waals surface area contributed by atoms with Gasteiger partial charge in [-0.25, -0.2) is 0 Å². The zero-order valence-electron chi connectivity index (χ0n) is 16.3. The molecule has 4 heteroatoms. The van der Waals surface area contributed by atoms with Crippen molar-refractivity contribution in [3.8, 4) is 5.75 Å². The number of benzene rings is 3. The van der Waals surface area contributed by atoms with Crippen LogP contribution in [0.3, 0.4) is 0 Å². The number of halogens is 1. The van der Waals surface area contributed by atoms with Gasteiger partial charge in [0.25, 0.3) is 5.91 Å². The van der Waals surface area contributed by atoms with Crippen LogP contribution in [0.4, 0.5) is 0 Å². The number of hydrogen-bond donors (Lipinski definition) is 1. The zero-order chi connectivity index (χ0) is 20.1. The van der Waals surface area contributed by atoms with Crippen molar-refractivity contribution in [2.24, 2.45) is 0 Å². The first-order valence-electron chi connectivity index (χ1n) is 9.25. The molecule has 3 aromatic carbocycles. The van der Waals surface area contributed by atoms with Crippen LogP contribution in [0.25, 0.3) is 0 Å². The summed E-state index contributed by atoms with van der Waals surface area (Å²) >= 11 is 6.20. The number of aryl methyl sites for hydroxylation is 3. The molecule has 0 fully saturated rings. The van der Waals surface area contributed by atoms with Gasteiger partial charge in [-0.2, -0.15) is 0 Å². The van der Waals surface area contributed by atoms with Gasteiger partial charge in [-0.1, -0.05) is 66.2 Å². The van der Waals surface area contributed by atoms with E-state index >= 15 is 0 Å². The molecule has 3 rings (SSSR count). The first-order chi connectivity index (χ1) is 13.5. The molecular formula is C24H24ClNO2. The minimum absolute atomic E-state index is 0.0598. The fourth-order valence-corrected chi connectivity index (χ4v) is 3.35. The van der Waals surface area contributed by atoms with E-state index in [1.807, 2.05) is 87.5 Å². The van der Waals surface area contributed by atoms with Crippen molar-refractivity contribution in [3.63, 3.8) is 0 Å². The van der Waals surface area contributed by atoms with Gasteiger partial charge >= 0.3 is 0 Å². The van der Waals surface area contributed by atoms with E-state index < -0.39 is 0 Å². The molecule has 0 saturated carbocycles. The summed E-state index contributed by atoms with van der Waals surface area (Å²) in [6.45, 7) is 5.83. The minimum Gasteiger partial charge on any atom is -0.484 e. The zero-order valence-corrected chi connectivity index (χ0v) is 17.1. The lowest BCUT2D eigenvalue weighted by Crippen LogP contribution is -2.33. The van der Waals surface area contributed by atoms with Crippen LogP contribution in [-0.4, -0.2) is 12.5 Å². The Kier molecular flexibility index (Phi) is 6.37. The smallest absolute Gasteiger partial charge is 0.258 e. The molecule has 144 valence electrons. The van der Waals surface area contributed by atoms with Crippen LogP contribution in [0.5, 0.6) is 5.75 Å². The van der Waals surface area contributed by atoms with Crippen LogP contribution in [0.2, 0.25) is 5.02 Å². The maximum absolute atomic E-state index is 12.7. The van der Waals surface area contributed by atoms with Crippen LogP contribution in [0.15, 0.2) is 66.7 Å². The third-order valence-electron chi connectivity index (χ3n) is 4.72. The molecule has 1 atom stereocenters. The lowest BCUT2D eigenvalue weighted by molar-refractivity contribution is -0.123. The SMILES string of the molecule is Cc1ccccc1C(NC(=O)COc1cc(C)c(Cl)c(C)c1)c1ccccc1. The van der Waals surface area contributed by atoms with Crippen LogP contribution in [-0.2, 0) is 4.79 Å². The van der Waals surface area contributed by atoms with Gasteiger partial charge in [-0.3, -0.25) is 4.79 Å². The Morgan fingerprint density at radius 3 is 2.18 bits per heavy atom. The predicted octanol–water partition coefficient (Wildman–Crippen LogP) is 5.55. The lowest BCUT2D eigenvalue weighted by atomic mass is 9.95. The van der Waals surface area contributed by atoms with Crippen molar-refractivity contribution >= 4 is 17.5 Å². The third-order valence-corrected chi connectivity index (χ3v) is 5.31. The topological polar surface area (TPSA) is 38.3 Å². The van der Waals surface area contributed by atoms with Gasteiger partial charge in [0, 0.05) is 5.02 Å². The maximum Gasteiger partial charge on any atom is 0.258 e. The Morgan fingerprint density at radius 2 is 1.54 bits per heavy atom. The first kappa shape index (κ1) is 20.0. The lowest BCUT2D eigenvalue weighted by Gasteiger charge is -2.22. The number of nitrogens with one attached hydrogen (secondary N) is 1. The quantitative estimate of drug-likeness (QED) is 0.596. The van der Waals surface area contributed by atoms with Crippen LogP contribution in [0, 0.1) is 20.8 Å². The highest BCUT2D eigenvalue weighted by molar-refractivity contribution is 6.32. The van der Waals surface area contributed by atoms with Gasteiger partial charge < -0.3 is 10.1 Å². The van der Waals surface area contributed by atoms with E-state index in [1.54, 1.807) is 0 Å². The minimum atomic E-state index is -0.229. The summed E-state index contributed by atoms with van der Waals surface area (Å²) in [6, 6.07) is 21.5. The van der Waals surface area contributed by atoms with Crippen molar-refractivity contribution in [3.05, 3.63) is 99.6 Å². The molecule has 0 bridgehead atoms. The molecule has 28 heavy (non-hydrogen) atoms. The summed E-state index contributed by atoms with van der Waals surface area (Å²) in [5, 5.41) is 3.83. The monoisotopic (exact) mass is 393 g/mol. The molecule has 0 saturated heterocycles. The molecule has 0 aliphatic carbocycles.